The molecule has 0 unspecified atom stereocenters. The van der Waals surface area contributed by atoms with Crippen molar-refractivity contribution in [1.82, 2.24) is 14.5 Å². The monoisotopic (exact) mass is 431 g/mol. The van der Waals surface area contributed by atoms with Crippen LogP contribution in [0.2, 0.25) is 0 Å². The zero-order valence-electron chi connectivity index (χ0n) is 18.5. The predicted molar refractivity (Wildman–Crippen MR) is 125 cm³/mol. The molecular weight excluding hydrogens is 402 g/mol. The molecule has 1 saturated heterocycles. The largest absolute Gasteiger partial charge is 0.489 e. The van der Waals surface area contributed by atoms with Crippen LogP contribution in [-0.4, -0.2) is 41.5 Å². The van der Waals surface area contributed by atoms with E-state index in [0.29, 0.717) is 19.1 Å². The Labute approximate surface area is 188 Å². The fourth-order valence-corrected chi connectivity index (χ4v) is 4.44. The molecule has 1 fully saturated rings. The Bertz CT molecular complexity index is 1180. The van der Waals surface area contributed by atoms with Gasteiger partial charge in [-0.2, -0.15) is 0 Å². The fraction of sp³-hybridized carbons (Fsp3) is 0.385. The van der Waals surface area contributed by atoms with Crippen molar-refractivity contribution < 1.29 is 14.2 Å². The van der Waals surface area contributed by atoms with Gasteiger partial charge in [-0.25, -0.2) is 4.98 Å². The Balaban J connectivity index is 1.53. The van der Waals surface area contributed by atoms with Crippen LogP contribution in [0.4, 0.5) is 0 Å². The molecule has 1 aliphatic rings. The molecule has 0 radical (unpaired) electrons. The minimum absolute atomic E-state index is 0.538. The lowest BCUT2D eigenvalue weighted by Crippen LogP contribution is -2.21. The van der Waals surface area contributed by atoms with Gasteiger partial charge >= 0.3 is 0 Å². The van der Waals surface area contributed by atoms with Gasteiger partial charge in [-0.05, 0) is 42.5 Å². The van der Waals surface area contributed by atoms with E-state index in [1.165, 1.54) is 0 Å². The number of rotatable bonds is 8. The van der Waals surface area contributed by atoms with Crippen molar-refractivity contribution >= 4 is 21.9 Å². The number of pyridine rings is 1. The van der Waals surface area contributed by atoms with Crippen LogP contribution < -0.4 is 4.74 Å². The molecule has 0 atom stereocenters. The fourth-order valence-electron chi connectivity index (χ4n) is 4.44. The molecule has 2 aromatic carbocycles. The van der Waals surface area contributed by atoms with E-state index in [0.717, 1.165) is 78.1 Å². The van der Waals surface area contributed by atoms with Crippen molar-refractivity contribution in [3.8, 4) is 5.75 Å². The Morgan fingerprint density at radius 1 is 1.06 bits per heavy atom. The average Bonchev–Trinajstić information content (AvgIpc) is 3.20. The van der Waals surface area contributed by atoms with Crippen LogP contribution >= 0.6 is 0 Å². The van der Waals surface area contributed by atoms with Crippen LogP contribution in [0.15, 0.2) is 54.7 Å². The highest BCUT2D eigenvalue weighted by Crippen LogP contribution is 2.30. The predicted octanol–water partition coefficient (Wildman–Crippen LogP) is 4.78. The van der Waals surface area contributed by atoms with Crippen LogP contribution in [0.25, 0.3) is 21.9 Å². The summed E-state index contributed by atoms with van der Waals surface area (Å²) in [5.41, 5.74) is 4.17. The van der Waals surface area contributed by atoms with Crippen molar-refractivity contribution in [2.45, 2.75) is 32.4 Å². The van der Waals surface area contributed by atoms with E-state index in [2.05, 4.69) is 27.8 Å². The molecule has 32 heavy (non-hydrogen) atoms. The molecule has 0 spiro atoms. The van der Waals surface area contributed by atoms with Gasteiger partial charge in [0.15, 0.2) is 0 Å². The highest BCUT2D eigenvalue weighted by Gasteiger charge is 2.20. The van der Waals surface area contributed by atoms with Crippen LogP contribution in [0.1, 0.15) is 24.2 Å². The average molecular weight is 432 g/mol. The van der Waals surface area contributed by atoms with Crippen LogP contribution in [0.5, 0.6) is 5.75 Å². The molecule has 0 N–H and O–H groups in total. The highest BCUT2D eigenvalue weighted by molar-refractivity contribution is 6.02. The first-order valence-corrected chi connectivity index (χ1v) is 11.3. The van der Waals surface area contributed by atoms with Gasteiger partial charge < -0.3 is 18.8 Å². The molecule has 166 valence electrons. The molecule has 5 rings (SSSR count). The van der Waals surface area contributed by atoms with E-state index in [4.69, 9.17) is 19.2 Å². The first-order valence-electron chi connectivity index (χ1n) is 11.3. The number of fused-ring (bicyclic) bond motifs is 3. The number of aromatic nitrogens is 3. The van der Waals surface area contributed by atoms with Crippen molar-refractivity contribution in [3.05, 3.63) is 66.1 Å². The summed E-state index contributed by atoms with van der Waals surface area (Å²) < 4.78 is 19.4. The molecule has 0 aliphatic carbocycles. The van der Waals surface area contributed by atoms with E-state index in [1.54, 1.807) is 7.11 Å². The molecule has 3 heterocycles. The standard InChI is InChI=1S/C26H29N3O3/c1-30-12-11-25-28-24-16-27-23-8-7-21(32-18-20-5-3-2-4-6-20)15-22(23)26(24)29(25)17-19-9-13-31-14-10-19/h2-8,15-16,19H,9-14,17-18H2,1H3. The maximum Gasteiger partial charge on any atom is 0.120 e. The Kier molecular flexibility index (Phi) is 6.32. The third kappa shape index (κ3) is 4.47. The molecule has 1 aliphatic heterocycles. The van der Waals surface area contributed by atoms with E-state index >= 15 is 0 Å². The third-order valence-electron chi connectivity index (χ3n) is 6.18. The van der Waals surface area contributed by atoms with Gasteiger partial charge in [-0.1, -0.05) is 30.3 Å². The number of nitrogens with zero attached hydrogens (tertiary/aromatic N) is 3. The number of ether oxygens (including phenoxy) is 3. The number of methoxy groups -OCH3 is 1. The zero-order valence-corrected chi connectivity index (χ0v) is 18.5. The summed E-state index contributed by atoms with van der Waals surface area (Å²) in [5.74, 6) is 2.48. The SMILES string of the molecule is COCCc1nc2cnc3ccc(OCc4ccccc4)cc3c2n1CC1CCOCC1. The summed E-state index contributed by atoms with van der Waals surface area (Å²) >= 11 is 0. The molecule has 0 amide bonds. The number of hydrogen-bond donors (Lipinski definition) is 0. The summed E-state index contributed by atoms with van der Waals surface area (Å²) in [4.78, 5) is 9.61. The van der Waals surface area contributed by atoms with Crippen LogP contribution in [-0.2, 0) is 29.0 Å². The molecule has 0 bridgehead atoms. The zero-order chi connectivity index (χ0) is 21.8. The Hall–Kier alpha value is -2.96. The minimum Gasteiger partial charge on any atom is -0.489 e. The maximum atomic E-state index is 6.12. The smallest absolute Gasteiger partial charge is 0.120 e. The van der Waals surface area contributed by atoms with Crippen molar-refractivity contribution in [3.63, 3.8) is 0 Å². The summed E-state index contributed by atoms with van der Waals surface area (Å²) in [6.07, 6.45) is 4.83. The summed E-state index contributed by atoms with van der Waals surface area (Å²) in [6.45, 7) is 3.80. The van der Waals surface area contributed by atoms with Gasteiger partial charge in [0.1, 0.15) is 23.7 Å². The quantitative estimate of drug-likeness (QED) is 0.402. The normalized spacial score (nSPS) is 14.9. The Morgan fingerprint density at radius 2 is 1.91 bits per heavy atom. The number of hydrogen-bond acceptors (Lipinski definition) is 5. The lowest BCUT2D eigenvalue weighted by atomic mass is 10.00. The van der Waals surface area contributed by atoms with Gasteiger partial charge in [0.25, 0.3) is 0 Å². The molecular formula is C26H29N3O3. The van der Waals surface area contributed by atoms with Gasteiger partial charge in [-0.15, -0.1) is 0 Å². The number of imidazole rings is 1. The van der Waals surface area contributed by atoms with E-state index < -0.39 is 0 Å². The summed E-state index contributed by atoms with van der Waals surface area (Å²) in [5, 5.41) is 1.08. The minimum atomic E-state index is 0.538. The second-order valence-electron chi connectivity index (χ2n) is 8.38. The topological polar surface area (TPSA) is 58.4 Å². The third-order valence-corrected chi connectivity index (χ3v) is 6.18. The molecule has 0 saturated carbocycles. The number of benzene rings is 2. The highest BCUT2D eigenvalue weighted by atomic mass is 16.5. The molecule has 6 nitrogen and oxygen atoms in total. The van der Waals surface area contributed by atoms with E-state index in [-0.39, 0.29) is 0 Å². The summed E-state index contributed by atoms with van der Waals surface area (Å²) in [7, 11) is 1.73. The van der Waals surface area contributed by atoms with Crippen molar-refractivity contribution in [2.24, 2.45) is 5.92 Å². The second kappa shape index (κ2) is 9.67. The molecule has 4 aromatic rings. The first-order chi connectivity index (χ1) is 15.8. The maximum absolute atomic E-state index is 6.12. The second-order valence-corrected chi connectivity index (χ2v) is 8.38. The van der Waals surface area contributed by atoms with Gasteiger partial charge in [0.2, 0.25) is 0 Å². The van der Waals surface area contributed by atoms with Gasteiger partial charge in [-0.3, -0.25) is 4.98 Å². The van der Waals surface area contributed by atoms with Crippen LogP contribution in [0, 0.1) is 5.92 Å². The van der Waals surface area contributed by atoms with Crippen LogP contribution in [0.3, 0.4) is 0 Å². The van der Waals surface area contributed by atoms with E-state index in [9.17, 15) is 0 Å². The van der Waals surface area contributed by atoms with Gasteiger partial charge in [0, 0.05) is 38.7 Å². The first kappa shape index (κ1) is 20.9. The summed E-state index contributed by atoms with van der Waals surface area (Å²) in [6, 6.07) is 16.4. The molecule has 2 aromatic heterocycles. The van der Waals surface area contributed by atoms with Crippen molar-refractivity contribution in [2.75, 3.05) is 26.9 Å². The lowest BCUT2D eigenvalue weighted by Gasteiger charge is -2.23. The Morgan fingerprint density at radius 3 is 2.72 bits per heavy atom. The van der Waals surface area contributed by atoms with Gasteiger partial charge in [0.05, 0.1) is 23.8 Å². The lowest BCUT2D eigenvalue weighted by molar-refractivity contribution is 0.0612. The van der Waals surface area contributed by atoms with E-state index in [1.807, 2.05) is 36.5 Å². The van der Waals surface area contributed by atoms with Crippen molar-refractivity contribution in [1.29, 1.82) is 0 Å². The molecule has 6 heteroatoms.